The van der Waals surface area contributed by atoms with Crippen molar-refractivity contribution in [3.05, 3.63) is 76.9 Å². The van der Waals surface area contributed by atoms with Crippen molar-refractivity contribution in [1.82, 2.24) is 0 Å². The molecule has 0 aliphatic heterocycles. The number of carboxylic acids is 1. The number of hydrogen-bond acceptors (Lipinski definition) is 3. The summed E-state index contributed by atoms with van der Waals surface area (Å²) in [6.45, 7) is 4.46. The van der Waals surface area contributed by atoms with E-state index in [4.69, 9.17) is 14.6 Å². The number of ether oxygens (including phenoxy) is 2. The summed E-state index contributed by atoms with van der Waals surface area (Å²) in [5.41, 5.74) is 3.84. The van der Waals surface area contributed by atoms with Crippen LogP contribution < -0.4 is 9.47 Å². The highest BCUT2D eigenvalue weighted by Gasteiger charge is 2.14. The van der Waals surface area contributed by atoms with Crippen LogP contribution in [0.25, 0.3) is 6.08 Å². The SMILES string of the molecule is COc1ccc(C=CC(=O)O)c(OCc2ccccc2)c1CC=C(C)C. The van der Waals surface area contributed by atoms with E-state index in [1.165, 1.54) is 5.57 Å². The van der Waals surface area contributed by atoms with Gasteiger partial charge in [-0.3, -0.25) is 0 Å². The zero-order chi connectivity index (χ0) is 18.9. The molecule has 26 heavy (non-hydrogen) atoms. The van der Waals surface area contributed by atoms with Crippen molar-refractivity contribution in [3.8, 4) is 11.5 Å². The minimum atomic E-state index is -0.999. The summed E-state index contributed by atoms with van der Waals surface area (Å²) in [5, 5.41) is 8.96. The maximum absolute atomic E-state index is 10.9. The van der Waals surface area contributed by atoms with Crippen molar-refractivity contribution in [2.75, 3.05) is 7.11 Å². The van der Waals surface area contributed by atoms with Crippen molar-refractivity contribution < 1.29 is 19.4 Å². The molecule has 2 rings (SSSR count). The summed E-state index contributed by atoms with van der Waals surface area (Å²) in [4.78, 5) is 10.9. The number of aliphatic carboxylic acids is 1. The first-order chi connectivity index (χ1) is 12.5. The highest BCUT2D eigenvalue weighted by Crippen LogP contribution is 2.35. The minimum absolute atomic E-state index is 0.393. The van der Waals surface area contributed by atoms with E-state index in [-0.39, 0.29) is 0 Å². The summed E-state index contributed by atoms with van der Waals surface area (Å²) in [6, 6.07) is 13.5. The third kappa shape index (κ3) is 5.52. The van der Waals surface area contributed by atoms with Gasteiger partial charge in [0, 0.05) is 17.2 Å². The molecular weight excluding hydrogens is 328 g/mol. The molecule has 1 N–H and O–H groups in total. The van der Waals surface area contributed by atoms with E-state index in [9.17, 15) is 4.79 Å². The standard InChI is InChI=1S/C22H24O4/c1-16(2)9-12-19-20(25-3)13-10-18(11-14-21(23)24)22(19)26-15-17-7-5-4-6-8-17/h4-11,13-14H,12,15H2,1-3H3,(H,23,24). The maximum atomic E-state index is 10.9. The van der Waals surface area contributed by atoms with Crippen LogP contribution in [0.15, 0.2) is 60.2 Å². The van der Waals surface area contributed by atoms with E-state index >= 15 is 0 Å². The molecule has 2 aromatic rings. The monoisotopic (exact) mass is 352 g/mol. The van der Waals surface area contributed by atoms with Gasteiger partial charge < -0.3 is 14.6 Å². The lowest BCUT2D eigenvalue weighted by atomic mass is 10.0. The molecule has 136 valence electrons. The van der Waals surface area contributed by atoms with Crippen LogP contribution in [0.3, 0.4) is 0 Å². The van der Waals surface area contributed by atoms with Gasteiger partial charge in [0.1, 0.15) is 18.1 Å². The van der Waals surface area contributed by atoms with Gasteiger partial charge >= 0.3 is 5.97 Å². The average Bonchev–Trinajstić information content (AvgIpc) is 2.63. The Hall–Kier alpha value is -3.01. The third-order valence-electron chi connectivity index (χ3n) is 3.81. The molecule has 4 heteroatoms. The predicted octanol–water partition coefficient (Wildman–Crippen LogP) is 4.88. The largest absolute Gasteiger partial charge is 0.496 e. The first kappa shape index (κ1) is 19.3. The van der Waals surface area contributed by atoms with Crippen LogP contribution in [-0.2, 0) is 17.8 Å². The van der Waals surface area contributed by atoms with Crippen LogP contribution in [0.1, 0.15) is 30.5 Å². The Kier molecular flexibility index (Phi) is 7.03. The van der Waals surface area contributed by atoms with Crippen molar-refractivity contribution >= 4 is 12.0 Å². The van der Waals surface area contributed by atoms with E-state index in [0.29, 0.717) is 24.3 Å². The van der Waals surface area contributed by atoms with Crippen LogP contribution in [-0.4, -0.2) is 18.2 Å². The Bertz CT molecular complexity index is 800. The molecule has 0 aliphatic rings. The van der Waals surface area contributed by atoms with Crippen LogP contribution in [0.5, 0.6) is 11.5 Å². The van der Waals surface area contributed by atoms with E-state index in [1.807, 2.05) is 56.3 Å². The Labute approximate surface area is 154 Å². The molecular formula is C22H24O4. The highest BCUT2D eigenvalue weighted by molar-refractivity contribution is 5.86. The average molecular weight is 352 g/mol. The van der Waals surface area contributed by atoms with Crippen molar-refractivity contribution in [3.63, 3.8) is 0 Å². The fourth-order valence-electron chi connectivity index (χ4n) is 2.51. The van der Waals surface area contributed by atoms with Crippen LogP contribution in [0, 0.1) is 0 Å². The number of hydrogen-bond donors (Lipinski definition) is 1. The van der Waals surface area contributed by atoms with Gasteiger partial charge in [-0.05, 0) is 44.0 Å². The van der Waals surface area contributed by atoms with Crippen LogP contribution >= 0.6 is 0 Å². The molecule has 0 saturated carbocycles. The molecule has 0 fully saturated rings. The molecule has 4 nitrogen and oxygen atoms in total. The normalized spacial score (nSPS) is 10.6. The molecule has 0 amide bonds. The number of carbonyl (C=O) groups is 1. The van der Waals surface area contributed by atoms with Gasteiger partial charge in [-0.1, -0.05) is 42.0 Å². The smallest absolute Gasteiger partial charge is 0.328 e. The molecule has 0 saturated heterocycles. The predicted molar refractivity (Wildman–Crippen MR) is 104 cm³/mol. The van der Waals surface area contributed by atoms with Crippen molar-refractivity contribution in [1.29, 1.82) is 0 Å². The van der Waals surface area contributed by atoms with Gasteiger partial charge in [-0.2, -0.15) is 0 Å². The summed E-state index contributed by atoms with van der Waals surface area (Å²) < 4.78 is 11.6. The second kappa shape index (κ2) is 9.47. The molecule has 0 radical (unpaired) electrons. The van der Waals surface area contributed by atoms with Gasteiger partial charge in [0.15, 0.2) is 0 Å². The van der Waals surface area contributed by atoms with E-state index in [0.717, 1.165) is 23.0 Å². The summed E-state index contributed by atoms with van der Waals surface area (Å²) >= 11 is 0. The Morgan fingerprint density at radius 3 is 2.46 bits per heavy atom. The van der Waals surface area contributed by atoms with Crippen molar-refractivity contribution in [2.24, 2.45) is 0 Å². The van der Waals surface area contributed by atoms with Crippen molar-refractivity contribution in [2.45, 2.75) is 26.9 Å². The molecule has 0 aliphatic carbocycles. The maximum Gasteiger partial charge on any atom is 0.328 e. The lowest BCUT2D eigenvalue weighted by molar-refractivity contribution is -0.131. The van der Waals surface area contributed by atoms with Gasteiger partial charge in [0.2, 0.25) is 0 Å². The highest BCUT2D eigenvalue weighted by atomic mass is 16.5. The Balaban J connectivity index is 2.45. The topological polar surface area (TPSA) is 55.8 Å². The number of rotatable bonds is 8. The number of methoxy groups -OCH3 is 1. The first-order valence-electron chi connectivity index (χ1n) is 8.42. The lowest BCUT2D eigenvalue weighted by Crippen LogP contribution is -2.03. The Morgan fingerprint density at radius 2 is 1.85 bits per heavy atom. The van der Waals surface area contributed by atoms with Crippen LogP contribution in [0.4, 0.5) is 0 Å². The molecule has 0 bridgehead atoms. The van der Waals surface area contributed by atoms with E-state index in [2.05, 4.69) is 6.08 Å². The molecule has 2 aromatic carbocycles. The van der Waals surface area contributed by atoms with Gasteiger partial charge in [0.05, 0.1) is 7.11 Å². The van der Waals surface area contributed by atoms with E-state index in [1.54, 1.807) is 13.2 Å². The summed E-state index contributed by atoms with van der Waals surface area (Å²) in [6.07, 6.45) is 5.40. The first-order valence-corrected chi connectivity index (χ1v) is 8.42. The quantitative estimate of drug-likeness (QED) is 0.543. The molecule has 0 aromatic heterocycles. The van der Waals surface area contributed by atoms with Gasteiger partial charge in [-0.25, -0.2) is 4.79 Å². The zero-order valence-corrected chi connectivity index (χ0v) is 15.4. The second-order valence-corrected chi connectivity index (χ2v) is 6.10. The Morgan fingerprint density at radius 1 is 1.12 bits per heavy atom. The molecule has 0 spiro atoms. The fraction of sp³-hybridized carbons (Fsp3) is 0.227. The summed E-state index contributed by atoms with van der Waals surface area (Å²) in [5.74, 6) is 0.363. The summed E-state index contributed by atoms with van der Waals surface area (Å²) in [7, 11) is 1.62. The third-order valence-corrected chi connectivity index (χ3v) is 3.81. The number of benzene rings is 2. The number of carboxylic acid groups (broad SMARTS) is 1. The number of allylic oxidation sites excluding steroid dienone is 2. The lowest BCUT2D eigenvalue weighted by Gasteiger charge is -2.17. The van der Waals surface area contributed by atoms with Gasteiger partial charge in [-0.15, -0.1) is 0 Å². The second-order valence-electron chi connectivity index (χ2n) is 6.10. The zero-order valence-electron chi connectivity index (χ0n) is 15.4. The molecule has 0 heterocycles. The minimum Gasteiger partial charge on any atom is -0.496 e. The van der Waals surface area contributed by atoms with Crippen LogP contribution in [0.2, 0.25) is 0 Å². The fourth-order valence-corrected chi connectivity index (χ4v) is 2.51. The molecule has 0 atom stereocenters. The van der Waals surface area contributed by atoms with Gasteiger partial charge in [0.25, 0.3) is 0 Å². The molecule has 0 unspecified atom stereocenters. The van der Waals surface area contributed by atoms with E-state index < -0.39 is 5.97 Å².